The number of rotatable bonds is 3. The number of nitrogens with two attached hydrogens (primary N) is 1. The summed E-state index contributed by atoms with van der Waals surface area (Å²) < 4.78 is 5.70. The van der Waals surface area contributed by atoms with Crippen molar-refractivity contribution in [3.63, 3.8) is 0 Å². The molecule has 2 heterocycles. The zero-order valence-corrected chi connectivity index (χ0v) is 9.94. The molecular formula is C12H19N3O. The average molecular weight is 221 g/mol. The van der Waals surface area contributed by atoms with E-state index in [1.165, 1.54) is 5.56 Å². The third-order valence-electron chi connectivity index (χ3n) is 2.77. The van der Waals surface area contributed by atoms with Crippen LogP contribution in [0.3, 0.4) is 0 Å². The van der Waals surface area contributed by atoms with E-state index in [1.54, 1.807) is 0 Å². The maximum atomic E-state index is 5.73. The quantitative estimate of drug-likeness (QED) is 0.842. The van der Waals surface area contributed by atoms with Gasteiger partial charge in [-0.2, -0.15) is 0 Å². The van der Waals surface area contributed by atoms with E-state index in [0.29, 0.717) is 5.82 Å². The molecule has 88 valence electrons. The van der Waals surface area contributed by atoms with Crippen LogP contribution in [0.15, 0.2) is 12.1 Å². The van der Waals surface area contributed by atoms with Gasteiger partial charge in [-0.25, -0.2) is 4.98 Å². The molecule has 0 aromatic carbocycles. The first-order valence-electron chi connectivity index (χ1n) is 5.68. The minimum atomic E-state index is 0.211. The molecule has 4 nitrogen and oxygen atoms in total. The maximum absolute atomic E-state index is 5.73. The van der Waals surface area contributed by atoms with E-state index in [9.17, 15) is 0 Å². The first-order valence-corrected chi connectivity index (χ1v) is 5.68. The summed E-state index contributed by atoms with van der Waals surface area (Å²) in [4.78, 5) is 6.51. The Morgan fingerprint density at radius 1 is 1.50 bits per heavy atom. The SMILES string of the molecule is CN(C)Cc1nc(N)ccc1C1CCCO1. The average Bonchev–Trinajstić information content (AvgIpc) is 2.69. The minimum Gasteiger partial charge on any atom is -0.384 e. The largest absolute Gasteiger partial charge is 0.384 e. The van der Waals surface area contributed by atoms with Crippen LogP contribution in [0.5, 0.6) is 0 Å². The topological polar surface area (TPSA) is 51.4 Å². The molecule has 1 unspecified atom stereocenters. The van der Waals surface area contributed by atoms with E-state index in [-0.39, 0.29) is 6.10 Å². The highest BCUT2D eigenvalue weighted by Crippen LogP contribution is 2.30. The molecule has 2 rings (SSSR count). The molecule has 1 aromatic rings. The molecule has 16 heavy (non-hydrogen) atoms. The lowest BCUT2D eigenvalue weighted by molar-refractivity contribution is 0.110. The Bertz CT molecular complexity index is 359. The van der Waals surface area contributed by atoms with Crippen LogP contribution < -0.4 is 5.73 Å². The van der Waals surface area contributed by atoms with Gasteiger partial charge in [0, 0.05) is 18.7 Å². The molecule has 1 atom stereocenters. The Kier molecular flexibility index (Phi) is 3.41. The van der Waals surface area contributed by atoms with Crippen LogP contribution in [-0.4, -0.2) is 30.6 Å². The Labute approximate surface area is 96.4 Å². The zero-order valence-electron chi connectivity index (χ0n) is 9.94. The molecule has 1 saturated heterocycles. The van der Waals surface area contributed by atoms with Crippen molar-refractivity contribution >= 4 is 5.82 Å². The summed E-state index contributed by atoms with van der Waals surface area (Å²) >= 11 is 0. The monoisotopic (exact) mass is 221 g/mol. The van der Waals surface area contributed by atoms with Crippen LogP contribution in [0.1, 0.15) is 30.2 Å². The number of nitrogens with zero attached hydrogens (tertiary/aromatic N) is 2. The van der Waals surface area contributed by atoms with E-state index in [1.807, 2.05) is 20.2 Å². The van der Waals surface area contributed by atoms with Crippen LogP contribution in [-0.2, 0) is 11.3 Å². The molecule has 1 aliphatic heterocycles. The van der Waals surface area contributed by atoms with Gasteiger partial charge < -0.3 is 15.4 Å². The predicted molar refractivity (Wildman–Crippen MR) is 64.0 cm³/mol. The molecule has 2 N–H and O–H groups in total. The molecule has 1 fully saturated rings. The van der Waals surface area contributed by atoms with Gasteiger partial charge in [-0.05, 0) is 33.0 Å². The number of ether oxygens (including phenoxy) is 1. The van der Waals surface area contributed by atoms with Gasteiger partial charge in [-0.1, -0.05) is 6.07 Å². The highest BCUT2D eigenvalue weighted by Gasteiger charge is 2.21. The fourth-order valence-electron chi connectivity index (χ4n) is 2.07. The summed E-state index contributed by atoms with van der Waals surface area (Å²) in [7, 11) is 4.06. The summed E-state index contributed by atoms with van der Waals surface area (Å²) in [6.07, 6.45) is 2.44. The van der Waals surface area contributed by atoms with Crippen molar-refractivity contribution in [3.8, 4) is 0 Å². The van der Waals surface area contributed by atoms with E-state index in [4.69, 9.17) is 10.5 Å². The van der Waals surface area contributed by atoms with Crippen LogP contribution in [0.2, 0.25) is 0 Å². The predicted octanol–water partition coefficient (Wildman–Crippen LogP) is 1.58. The lowest BCUT2D eigenvalue weighted by Gasteiger charge is -2.17. The number of hydrogen-bond acceptors (Lipinski definition) is 4. The Hall–Kier alpha value is -1.13. The number of hydrogen-bond donors (Lipinski definition) is 1. The van der Waals surface area contributed by atoms with Crippen molar-refractivity contribution in [1.29, 1.82) is 0 Å². The first kappa shape index (κ1) is 11.4. The van der Waals surface area contributed by atoms with E-state index >= 15 is 0 Å². The second-order valence-electron chi connectivity index (χ2n) is 4.51. The third-order valence-corrected chi connectivity index (χ3v) is 2.77. The molecular weight excluding hydrogens is 202 g/mol. The molecule has 0 amide bonds. The smallest absolute Gasteiger partial charge is 0.123 e. The number of pyridine rings is 1. The molecule has 1 aromatic heterocycles. The molecule has 0 saturated carbocycles. The number of nitrogen functional groups attached to an aromatic ring is 1. The van der Waals surface area contributed by atoms with Gasteiger partial charge in [0.05, 0.1) is 11.8 Å². The molecule has 0 spiro atoms. The summed E-state index contributed by atoms with van der Waals surface area (Å²) in [5.74, 6) is 0.582. The highest BCUT2D eigenvalue weighted by atomic mass is 16.5. The van der Waals surface area contributed by atoms with Gasteiger partial charge in [-0.15, -0.1) is 0 Å². The van der Waals surface area contributed by atoms with Gasteiger partial charge in [0.2, 0.25) is 0 Å². The minimum absolute atomic E-state index is 0.211. The van der Waals surface area contributed by atoms with Crippen LogP contribution >= 0.6 is 0 Å². The lowest BCUT2D eigenvalue weighted by Crippen LogP contribution is -2.15. The van der Waals surface area contributed by atoms with Gasteiger partial charge in [0.15, 0.2) is 0 Å². The van der Waals surface area contributed by atoms with Crippen molar-refractivity contribution in [2.45, 2.75) is 25.5 Å². The third kappa shape index (κ3) is 2.51. The highest BCUT2D eigenvalue weighted by molar-refractivity contribution is 5.35. The van der Waals surface area contributed by atoms with Crippen LogP contribution in [0.4, 0.5) is 5.82 Å². The second-order valence-corrected chi connectivity index (χ2v) is 4.51. The summed E-state index contributed by atoms with van der Waals surface area (Å²) in [5.41, 5.74) is 7.97. The molecule has 0 bridgehead atoms. The molecule has 1 aliphatic rings. The fourth-order valence-corrected chi connectivity index (χ4v) is 2.07. The van der Waals surface area contributed by atoms with E-state index in [2.05, 4.69) is 16.0 Å². The summed E-state index contributed by atoms with van der Waals surface area (Å²) in [5, 5.41) is 0. The Morgan fingerprint density at radius 3 is 2.94 bits per heavy atom. The Morgan fingerprint density at radius 2 is 2.31 bits per heavy atom. The fraction of sp³-hybridized carbons (Fsp3) is 0.583. The van der Waals surface area contributed by atoms with Gasteiger partial charge in [0.1, 0.15) is 5.82 Å². The normalized spacial score (nSPS) is 20.6. The molecule has 0 radical (unpaired) electrons. The van der Waals surface area contributed by atoms with Gasteiger partial charge >= 0.3 is 0 Å². The first-order chi connectivity index (χ1) is 7.66. The van der Waals surface area contributed by atoms with E-state index < -0.39 is 0 Å². The van der Waals surface area contributed by atoms with Crippen LogP contribution in [0.25, 0.3) is 0 Å². The van der Waals surface area contributed by atoms with Crippen molar-refractivity contribution in [2.75, 3.05) is 26.4 Å². The van der Waals surface area contributed by atoms with Crippen molar-refractivity contribution in [1.82, 2.24) is 9.88 Å². The van der Waals surface area contributed by atoms with Crippen LogP contribution in [0, 0.1) is 0 Å². The second kappa shape index (κ2) is 4.80. The zero-order chi connectivity index (χ0) is 11.5. The lowest BCUT2D eigenvalue weighted by atomic mass is 10.0. The van der Waals surface area contributed by atoms with Gasteiger partial charge in [0.25, 0.3) is 0 Å². The number of anilines is 1. The van der Waals surface area contributed by atoms with Crippen molar-refractivity contribution in [3.05, 3.63) is 23.4 Å². The standard InChI is InChI=1S/C12H19N3O/c1-15(2)8-10-9(5-6-12(13)14-10)11-4-3-7-16-11/h5-6,11H,3-4,7-8H2,1-2H3,(H2,13,14). The number of aromatic nitrogens is 1. The molecule has 0 aliphatic carbocycles. The maximum Gasteiger partial charge on any atom is 0.123 e. The van der Waals surface area contributed by atoms with E-state index in [0.717, 1.165) is 31.7 Å². The summed E-state index contributed by atoms with van der Waals surface area (Å²) in [6.45, 7) is 1.66. The Balaban J connectivity index is 2.27. The van der Waals surface area contributed by atoms with Crippen molar-refractivity contribution in [2.24, 2.45) is 0 Å². The molecule has 4 heteroatoms. The van der Waals surface area contributed by atoms with Gasteiger partial charge in [-0.3, -0.25) is 0 Å². The van der Waals surface area contributed by atoms with Crippen molar-refractivity contribution < 1.29 is 4.74 Å². The summed E-state index contributed by atoms with van der Waals surface area (Å²) in [6, 6.07) is 3.91.